The average Bonchev–Trinajstić information content (AvgIpc) is 2.24. The number of hydrogen-bond acceptors (Lipinski definition) is 3. The van der Waals surface area contributed by atoms with Gasteiger partial charge < -0.3 is 9.72 Å². The minimum Gasteiger partial charge on any atom is -0.469 e. The maximum absolute atomic E-state index is 12.5. The Morgan fingerprint density at radius 1 is 1.62 bits per heavy atom. The van der Waals surface area contributed by atoms with Crippen molar-refractivity contribution in [2.45, 2.75) is 12.8 Å². The lowest BCUT2D eigenvalue weighted by Gasteiger charge is -2.07. The summed E-state index contributed by atoms with van der Waals surface area (Å²) in [5, 5.41) is -0.247. The van der Waals surface area contributed by atoms with Gasteiger partial charge in [-0.05, 0) is 0 Å². The Labute approximate surface area is 94.2 Å². The second-order valence-electron chi connectivity index (χ2n) is 2.91. The lowest BCUT2D eigenvalue weighted by molar-refractivity contribution is -0.139. The van der Waals surface area contributed by atoms with E-state index in [0.29, 0.717) is 0 Å². The van der Waals surface area contributed by atoms with E-state index >= 15 is 0 Å². The zero-order valence-corrected chi connectivity index (χ0v) is 8.98. The summed E-state index contributed by atoms with van der Waals surface area (Å²) < 4.78 is 29.4. The second-order valence-corrected chi connectivity index (χ2v) is 3.32. The number of methoxy groups -OCH3 is 1. The van der Waals surface area contributed by atoms with Crippen molar-refractivity contribution in [3.8, 4) is 0 Å². The van der Waals surface area contributed by atoms with Crippen molar-refractivity contribution < 1.29 is 18.3 Å². The SMILES string of the molecule is COC(=O)Cc1c(C(F)F)[nH]cc(Cl)c1=O. The molecule has 0 amide bonds. The number of aromatic nitrogens is 1. The summed E-state index contributed by atoms with van der Waals surface area (Å²) in [5.41, 5.74) is -1.77. The van der Waals surface area contributed by atoms with Crippen molar-refractivity contribution in [1.82, 2.24) is 4.98 Å². The van der Waals surface area contributed by atoms with Crippen molar-refractivity contribution in [1.29, 1.82) is 0 Å². The summed E-state index contributed by atoms with van der Waals surface area (Å²) in [6, 6.07) is 0. The van der Waals surface area contributed by atoms with Gasteiger partial charge >= 0.3 is 5.97 Å². The average molecular weight is 252 g/mol. The molecule has 1 aromatic rings. The number of pyridine rings is 1. The maximum Gasteiger partial charge on any atom is 0.310 e. The van der Waals surface area contributed by atoms with E-state index in [0.717, 1.165) is 13.3 Å². The number of nitrogens with one attached hydrogen (secondary N) is 1. The molecule has 0 bridgehead atoms. The minimum atomic E-state index is -2.88. The first-order valence-electron chi connectivity index (χ1n) is 4.22. The van der Waals surface area contributed by atoms with E-state index in [-0.39, 0.29) is 10.6 Å². The van der Waals surface area contributed by atoms with Crippen LogP contribution in [0.15, 0.2) is 11.0 Å². The van der Waals surface area contributed by atoms with Crippen molar-refractivity contribution in [2.75, 3.05) is 7.11 Å². The Morgan fingerprint density at radius 3 is 2.75 bits per heavy atom. The summed E-state index contributed by atoms with van der Waals surface area (Å²) in [7, 11) is 1.10. The van der Waals surface area contributed by atoms with Gasteiger partial charge in [0.1, 0.15) is 5.02 Å². The Balaban J connectivity index is 3.26. The molecule has 1 aromatic heterocycles. The number of alkyl halides is 2. The largest absolute Gasteiger partial charge is 0.469 e. The molecule has 0 aliphatic heterocycles. The van der Waals surface area contributed by atoms with Crippen LogP contribution in [-0.4, -0.2) is 18.1 Å². The first-order chi connectivity index (χ1) is 7.47. The molecular weight excluding hydrogens is 244 g/mol. The lowest BCUT2D eigenvalue weighted by atomic mass is 10.1. The van der Waals surface area contributed by atoms with Gasteiger partial charge in [0.15, 0.2) is 0 Å². The quantitative estimate of drug-likeness (QED) is 0.832. The number of rotatable bonds is 3. The zero-order valence-electron chi connectivity index (χ0n) is 8.22. The number of esters is 1. The summed E-state index contributed by atoms with van der Waals surface area (Å²) >= 11 is 5.48. The third-order valence-corrected chi connectivity index (χ3v) is 2.22. The van der Waals surface area contributed by atoms with Crippen molar-refractivity contribution >= 4 is 17.6 Å². The fourth-order valence-electron chi connectivity index (χ4n) is 1.15. The van der Waals surface area contributed by atoms with Crippen LogP contribution in [0.3, 0.4) is 0 Å². The highest BCUT2D eigenvalue weighted by Crippen LogP contribution is 2.20. The van der Waals surface area contributed by atoms with Gasteiger partial charge in [-0.25, -0.2) is 8.78 Å². The van der Waals surface area contributed by atoms with Gasteiger partial charge in [0.25, 0.3) is 6.43 Å². The molecule has 0 atom stereocenters. The Morgan fingerprint density at radius 2 is 2.25 bits per heavy atom. The smallest absolute Gasteiger partial charge is 0.310 e. The van der Waals surface area contributed by atoms with Gasteiger partial charge in [0.05, 0.1) is 19.2 Å². The predicted molar refractivity (Wildman–Crippen MR) is 52.7 cm³/mol. The van der Waals surface area contributed by atoms with Crippen LogP contribution in [0, 0.1) is 0 Å². The Hall–Kier alpha value is -1.43. The van der Waals surface area contributed by atoms with E-state index in [1.807, 2.05) is 0 Å². The first-order valence-corrected chi connectivity index (χ1v) is 4.60. The highest BCUT2D eigenvalue weighted by molar-refractivity contribution is 6.30. The standard InChI is InChI=1S/C9H8ClF2NO3/c1-16-6(14)2-4-7(9(11)12)13-3-5(10)8(4)15/h3,9H,2H2,1H3,(H,13,15). The van der Waals surface area contributed by atoms with E-state index in [9.17, 15) is 18.4 Å². The van der Waals surface area contributed by atoms with Crippen LogP contribution >= 0.6 is 11.6 Å². The third-order valence-electron chi connectivity index (χ3n) is 1.94. The van der Waals surface area contributed by atoms with E-state index in [2.05, 4.69) is 9.72 Å². The summed E-state index contributed by atoms with van der Waals surface area (Å²) in [4.78, 5) is 24.6. The number of carbonyl (C=O) groups is 1. The molecule has 0 spiro atoms. The van der Waals surface area contributed by atoms with Crippen molar-refractivity contribution in [2.24, 2.45) is 0 Å². The number of H-pyrrole nitrogens is 1. The topological polar surface area (TPSA) is 59.2 Å². The van der Waals surface area contributed by atoms with E-state index in [1.54, 1.807) is 0 Å². The minimum absolute atomic E-state index is 0.247. The van der Waals surface area contributed by atoms with Crippen LogP contribution in [0.5, 0.6) is 0 Å². The molecule has 1 rings (SSSR count). The van der Waals surface area contributed by atoms with Gasteiger partial charge in [-0.2, -0.15) is 0 Å². The molecule has 4 nitrogen and oxygen atoms in total. The highest BCUT2D eigenvalue weighted by Gasteiger charge is 2.20. The fourth-order valence-corrected chi connectivity index (χ4v) is 1.32. The maximum atomic E-state index is 12.5. The highest BCUT2D eigenvalue weighted by atomic mass is 35.5. The molecule has 1 N–H and O–H groups in total. The first kappa shape index (κ1) is 12.6. The molecule has 0 saturated heterocycles. The van der Waals surface area contributed by atoms with Crippen LogP contribution < -0.4 is 5.43 Å². The molecule has 0 radical (unpaired) electrons. The third kappa shape index (κ3) is 2.57. The molecule has 0 unspecified atom stereocenters. The molecule has 0 aromatic carbocycles. The summed E-state index contributed by atoms with van der Waals surface area (Å²) in [6.45, 7) is 0. The molecule has 0 fully saturated rings. The van der Waals surface area contributed by atoms with E-state index < -0.39 is 29.9 Å². The number of ether oxygens (including phenoxy) is 1. The van der Waals surface area contributed by atoms with Gasteiger partial charge in [0, 0.05) is 11.8 Å². The van der Waals surface area contributed by atoms with Gasteiger partial charge in [-0.3, -0.25) is 9.59 Å². The van der Waals surface area contributed by atoms with Crippen LogP contribution in [0.4, 0.5) is 8.78 Å². The van der Waals surface area contributed by atoms with Crippen LogP contribution in [-0.2, 0) is 16.0 Å². The molecule has 0 aliphatic rings. The van der Waals surface area contributed by atoms with Crippen molar-refractivity contribution in [3.05, 3.63) is 32.7 Å². The Kier molecular flexibility index (Phi) is 4.00. The predicted octanol–water partition coefficient (Wildman–Crippen LogP) is 1.68. The zero-order chi connectivity index (χ0) is 12.3. The van der Waals surface area contributed by atoms with E-state index in [4.69, 9.17) is 11.6 Å². The van der Waals surface area contributed by atoms with Crippen LogP contribution in [0.25, 0.3) is 0 Å². The summed E-state index contributed by atoms with van der Waals surface area (Å²) in [5.74, 6) is -0.783. The second kappa shape index (κ2) is 5.07. The fraction of sp³-hybridized carbons (Fsp3) is 0.333. The molecule has 0 aliphatic carbocycles. The van der Waals surface area contributed by atoms with Crippen molar-refractivity contribution in [3.63, 3.8) is 0 Å². The van der Waals surface area contributed by atoms with E-state index in [1.165, 1.54) is 0 Å². The molecule has 88 valence electrons. The lowest BCUT2D eigenvalue weighted by Crippen LogP contribution is -2.19. The molecule has 0 saturated carbocycles. The van der Waals surface area contributed by atoms with Gasteiger partial charge in [0.2, 0.25) is 5.43 Å². The normalized spacial score (nSPS) is 10.6. The number of hydrogen-bond donors (Lipinski definition) is 1. The molecule has 16 heavy (non-hydrogen) atoms. The monoisotopic (exact) mass is 251 g/mol. The van der Waals surface area contributed by atoms with Gasteiger partial charge in [-0.15, -0.1) is 0 Å². The summed E-state index contributed by atoms with van der Waals surface area (Å²) in [6.07, 6.45) is -2.46. The molecular formula is C9H8ClF2NO3. The number of halogens is 3. The van der Waals surface area contributed by atoms with Crippen LogP contribution in [0.1, 0.15) is 17.7 Å². The van der Waals surface area contributed by atoms with Gasteiger partial charge in [-0.1, -0.05) is 11.6 Å². The van der Waals surface area contributed by atoms with Crippen LogP contribution in [0.2, 0.25) is 5.02 Å². The number of aromatic amines is 1. The number of carbonyl (C=O) groups excluding carboxylic acids is 1. The molecule has 1 heterocycles. The molecule has 7 heteroatoms. The Bertz CT molecular complexity index is 459.